The lowest BCUT2D eigenvalue weighted by Gasteiger charge is -2.09. The summed E-state index contributed by atoms with van der Waals surface area (Å²) in [5, 5.41) is 6.28. The molecule has 0 bridgehead atoms. The quantitative estimate of drug-likeness (QED) is 0.874. The second-order valence-corrected chi connectivity index (χ2v) is 5.42. The second-order valence-electron chi connectivity index (χ2n) is 5.42. The van der Waals surface area contributed by atoms with E-state index in [0.717, 1.165) is 30.8 Å². The fourth-order valence-electron chi connectivity index (χ4n) is 2.75. The SMILES string of the molecule is CCC1Nc2cccc([C@@H]3C[C@H]3CNC(C)=O)c2O1. The van der Waals surface area contributed by atoms with Crippen molar-refractivity contribution in [3.8, 4) is 5.75 Å². The molecule has 1 aliphatic carbocycles. The van der Waals surface area contributed by atoms with E-state index in [1.54, 1.807) is 6.92 Å². The predicted molar refractivity (Wildman–Crippen MR) is 74.3 cm³/mol. The van der Waals surface area contributed by atoms with Crippen molar-refractivity contribution in [3.63, 3.8) is 0 Å². The van der Waals surface area contributed by atoms with Gasteiger partial charge in [0.1, 0.15) is 5.75 Å². The standard InChI is InChI=1S/C15H20N2O2/c1-3-14-17-13-6-4-5-11(15(13)19-14)12-7-10(12)8-16-9(2)18/h4-6,10,12,14,17H,3,7-8H2,1-2H3,(H,16,18)/t10-,12+,14?/m0/s1. The molecule has 1 unspecified atom stereocenters. The molecule has 19 heavy (non-hydrogen) atoms. The summed E-state index contributed by atoms with van der Waals surface area (Å²) >= 11 is 0. The second kappa shape index (κ2) is 4.76. The number of ether oxygens (including phenoxy) is 1. The molecule has 2 aliphatic rings. The van der Waals surface area contributed by atoms with E-state index in [4.69, 9.17) is 4.74 Å². The normalized spacial score (nSPS) is 27.2. The first kappa shape index (κ1) is 12.3. The van der Waals surface area contributed by atoms with Gasteiger partial charge in [0.15, 0.2) is 6.23 Å². The van der Waals surface area contributed by atoms with Crippen LogP contribution >= 0.6 is 0 Å². The Hall–Kier alpha value is -1.71. The molecular formula is C15H20N2O2. The zero-order chi connectivity index (χ0) is 13.4. The lowest BCUT2D eigenvalue weighted by atomic mass is 10.1. The summed E-state index contributed by atoms with van der Waals surface area (Å²) in [4.78, 5) is 10.9. The summed E-state index contributed by atoms with van der Waals surface area (Å²) in [6, 6.07) is 6.30. The van der Waals surface area contributed by atoms with Crippen LogP contribution in [0.25, 0.3) is 0 Å². The summed E-state index contributed by atoms with van der Waals surface area (Å²) in [5.41, 5.74) is 2.39. The van der Waals surface area contributed by atoms with Crippen LogP contribution in [0.1, 0.15) is 38.2 Å². The molecule has 0 saturated heterocycles. The Bertz CT molecular complexity index is 501. The molecule has 1 aromatic carbocycles. The fourth-order valence-corrected chi connectivity index (χ4v) is 2.75. The number of hydrogen-bond donors (Lipinski definition) is 2. The maximum Gasteiger partial charge on any atom is 0.216 e. The van der Waals surface area contributed by atoms with Crippen molar-refractivity contribution in [2.24, 2.45) is 5.92 Å². The summed E-state index contributed by atoms with van der Waals surface area (Å²) in [6.07, 6.45) is 2.19. The number of para-hydroxylation sites is 1. The Morgan fingerprint density at radius 1 is 1.53 bits per heavy atom. The van der Waals surface area contributed by atoms with Gasteiger partial charge in [0.05, 0.1) is 5.69 Å². The third kappa shape index (κ3) is 2.39. The van der Waals surface area contributed by atoms with E-state index in [2.05, 4.69) is 35.8 Å². The van der Waals surface area contributed by atoms with Gasteiger partial charge < -0.3 is 15.4 Å². The fraction of sp³-hybridized carbons (Fsp3) is 0.533. The smallest absolute Gasteiger partial charge is 0.216 e. The van der Waals surface area contributed by atoms with Gasteiger partial charge in [-0.25, -0.2) is 0 Å². The number of amides is 1. The number of benzene rings is 1. The van der Waals surface area contributed by atoms with Crippen molar-refractivity contribution >= 4 is 11.6 Å². The van der Waals surface area contributed by atoms with Crippen molar-refractivity contribution < 1.29 is 9.53 Å². The summed E-state index contributed by atoms with van der Waals surface area (Å²) in [5.74, 6) is 2.15. The minimum atomic E-state index is 0.0490. The summed E-state index contributed by atoms with van der Waals surface area (Å²) in [6.45, 7) is 4.45. The Morgan fingerprint density at radius 2 is 2.37 bits per heavy atom. The van der Waals surface area contributed by atoms with Crippen molar-refractivity contribution in [2.75, 3.05) is 11.9 Å². The summed E-state index contributed by atoms with van der Waals surface area (Å²) in [7, 11) is 0. The molecule has 3 atom stereocenters. The topological polar surface area (TPSA) is 50.4 Å². The van der Waals surface area contributed by atoms with Crippen molar-refractivity contribution in [1.82, 2.24) is 5.32 Å². The maximum absolute atomic E-state index is 10.9. The highest BCUT2D eigenvalue weighted by molar-refractivity contribution is 5.73. The zero-order valence-corrected chi connectivity index (χ0v) is 11.4. The number of carbonyl (C=O) groups excluding carboxylic acids is 1. The van der Waals surface area contributed by atoms with E-state index < -0.39 is 0 Å². The van der Waals surface area contributed by atoms with E-state index in [-0.39, 0.29) is 12.1 Å². The minimum Gasteiger partial charge on any atom is -0.468 e. The van der Waals surface area contributed by atoms with Gasteiger partial charge in [-0.15, -0.1) is 0 Å². The molecule has 1 heterocycles. The molecule has 4 heteroatoms. The third-order valence-corrected chi connectivity index (χ3v) is 3.93. The van der Waals surface area contributed by atoms with Gasteiger partial charge in [-0.2, -0.15) is 0 Å². The molecular weight excluding hydrogens is 240 g/mol. The average Bonchev–Trinajstić information content (AvgIpc) is 3.04. The molecule has 4 nitrogen and oxygen atoms in total. The highest BCUT2D eigenvalue weighted by Crippen LogP contribution is 2.52. The molecule has 1 saturated carbocycles. The predicted octanol–water partition coefficient (Wildman–Crippen LogP) is 2.47. The lowest BCUT2D eigenvalue weighted by Crippen LogP contribution is -2.22. The van der Waals surface area contributed by atoms with Gasteiger partial charge in [0, 0.05) is 19.9 Å². The zero-order valence-electron chi connectivity index (χ0n) is 11.4. The highest BCUT2D eigenvalue weighted by atomic mass is 16.5. The Balaban J connectivity index is 1.71. The van der Waals surface area contributed by atoms with Crippen LogP contribution in [0.4, 0.5) is 5.69 Å². The van der Waals surface area contributed by atoms with Gasteiger partial charge in [0.2, 0.25) is 5.91 Å². The highest BCUT2D eigenvalue weighted by Gasteiger charge is 2.41. The van der Waals surface area contributed by atoms with Crippen LogP contribution in [0.2, 0.25) is 0 Å². The van der Waals surface area contributed by atoms with Crippen molar-refractivity contribution in [1.29, 1.82) is 0 Å². The van der Waals surface area contributed by atoms with Gasteiger partial charge in [0.25, 0.3) is 0 Å². The minimum absolute atomic E-state index is 0.0490. The molecule has 102 valence electrons. The molecule has 1 aromatic rings. The molecule has 1 fully saturated rings. The van der Waals surface area contributed by atoms with E-state index in [9.17, 15) is 4.79 Å². The van der Waals surface area contributed by atoms with Gasteiger partial charge in [-0.3, -0.25) is 4.79 Å². The Kier molecular flexibility index (Phi) is 3.09. The average molecular weight is 260 g/mol. The van der Waals surface area contributed by atoms with Gasteiger partial charge >= 0.3 is 0 Å². The number of fused-ring (bicyclic) bond motifs is 1. The molecule has 0 radical (unpaired) electrons. The first-order chi connectivity index (χ1) is 9.19. The molecule has 1 aliphatic heterocycles. The van der Waals surface area contributed by atoms with Gasteiger partial charge in [-0.05, 0) is 29.9 Å². The molecule has 2 N–H and O–H groups in total. The Morgan fingerprint density at radius 3 is 3.11 bits per heavy atom. The van der Waals surface area contributed by atoms with Crippen molar-refractivity contribution in [2.45, 2.75) is 38.8 Å². The van der Waals surface area contributed by atoms with E-state index in [1.165, 1.54) is 5.56 Å². The van der Waals surface area contributed by atoms with Crippen LogP contribution in [-0.2, 0) is 4.79 Å². The first-order valence-corrected chi connectivity index (χ1v) is 6.99. The van der Waals surface area contributed by atoms with Crippen LogP contribution in [0.5, 0.6) is 5.75 Å². The van der Waals surface area contributed by atoms with Crippen LogP contribution in [-0.4, -0.2) is 18.7 Å². The third-order valence-electron chi connectivity index (χ3n) is 3.93. The van der Waals surface area contributed by atoms with E-state index in [1.807, 2.05) is 0 Å². The van der Waals surface area contributed by atoms with Crippen LogP contribution < -0.4 is 15.4 Å². The van der Waals surface area contributed by atoms with Crippen LogP contribution in [0.15, 0.2) is 18.2 Å². The monoisotopic (exact) mass is 260 g/mol. The number of carbonyl (C=O) groups is 1. The Labute approximate surface area is 113 Å². The number of hydrogen-bond acceptors (Lipinski definition) is 3. The maximum atomic E-state index is 10.9. The number of anilines is 1. The van der Waals surface area contributed by atoms with E-state index >= 15 is 0 Å². The van der Waals surface area contributed by atoms with Crippen LogP contribution in [0.3, 0.4) is 0 Å². The van der Waals surface area contributed by atoms with Crippen LogP contribution in [0, 0.1) is 5.92 Å². The summed E-state index contributed by atoms with van der Waals surface area (Å²) < 4.78 is 5.96. The number of nitrogens with one attached hydrogen (secondary N) is 2. The lowest BCUT2D eigenvalue weighted by molar-refractivity contribution is -0.119. The molecule has 0 spiro atoms. The van der Waals surface area contributed by atoms with E-state index in [0.29, 0.717) is 11.8 Å². The molecule has 1 amide bonds. The number of rotatable bonds is 4. The van der Waals surface area contributed by atoms with Crippen molar-refractivity contribution in [3.05, 3.63) is 23.8 Å². The van der Waals surface area contributed by atoms with Gasteiger partial charge in [-0.1, -0.05) is 19.1 Å². The molecule has 3 rings (SSSR count). The largest absolute Gasteiger partial charge is 0.468 e. The molecule has 0 aromatic heterocycles. The first-order valence-electron chi connectivity index (χ1n) is 6.99.